The normalized spacial score (nSPS) is 13.8. The first-order valence-corrected chi connectivity index (χ1v) is 7.94. The Labute approximate surface area is 119 Å². The lowest BCUT2D eigenvalue weighted by Crippen LogP contribution is -2.43. The minimum atomic E-state index is -0.646. The summed E-state index contributed by atoms with van der Waals surface area (Å²) in [7, 11) is 0. The third-order valence-corrected chi connectivity index (χ3v) is 3.35. The van der Waals surface area contributed by atoms with Crippen LogP contribution >= 0.6 is 11.8 Å². The van der Waals surface area contributed by atoms with Crippen LogP contribution in [0.3, 0.4) is 0 Å². The molecular weight excluding hydrogens is 266 g/mol. The molecule has 6 heteroatoms. The Hall–Kier alpha value is -0.910. The van der Waals surface area contributed by atoms with Gasteiger partial charge in [0.25, 0.3) is 0 Å². The van der Waals surface area contributed by atoms with Crippen LogP contribution in [0.15, 0.2) is 0 Å². The summed E-state index contributed by atoms with van der Waals surface area (Å²) in [4.78, 5) is 23.4. The van der Waals surface area contributed by atoms with E-state index in [1.165, 1.54) is 0 Å². The molecule has 0 fully saturated rings. The van der Waals surface area contributed by atoms with E-state index in [1.54, 1.807) is 18.7 Å². The summed E-state index contributed by atoms with van der Waals surface area (Å²) in [6, 6.07) is -0.646. The van der Waals surface area contributed by atoms with Crippen LogP contribution in [0.1, 0.15) is 34.1 Å². The number of amides is 1. The molecule has 1 amide bonds. The second kappa shape index (κ2) is 9.95. The van der Waals surface area contributed by atoms with Crippen molar-refractivity contribution in [1.29, 1.82) is 0 Å². The number of rotatable bonds is 8. The molecule has 0 aromatic heterocycles. The third-order valence-electron chi connectivity index (χ3n) is 2.70. The van der Waals surface area contributed by atoms with Crippen LogP contribution in [0.4, 0.5) is 4.79 Å². The van der Waals surface area contributed by atoms with Crippen LogP contribution in [0.5, 0.6) is 0 Å². The summed E-state index contributed by atoms with van der Waals surface area (Å²) in [5.41, 5.74) is 0. The average Bonchev–Trinajstić information content (AvgIpc) is 2.34. The van der Waals surface area contributed by atoms with Gasteiger partial charge in [-0.1, -0.05) is 13.8 Å². The Kier molecular flexibility index (Phi) is 9.47. The number of esters is 1. The second-order valence-corrected chi connectivity index (χ2v) is 5.57. The molecule has 0 saturated heterocycles. The molecule has 0 aliphatic heterocycles. The van der Waals surface area contributed by atoms with E-state index in [4.69, 9.17) is 9.47 Å². The molecule has 1 unspecified atom stereocenters. The Morgan fingerprint density at radius 1 is 1.26 bits per heavy atom. The first-order chi connectivity index (χ1) is 8.92. The molecule has 0 aliphatic carbocycles. The van der Waals surface area contributed by atoms with Gasteiger partial charge in [-0.05, 0) is 38.2 Å². The molecule has 0 saturated carbocycles. The van der Waals surface area contributed by atoms with Gasteiger partial charge in [0.15, 0.2) is 0 Å². The fourth-order valence-electron chi connectivity index (χ4n) is 1.20. The number of hydrogen-bond acceptors (Lipinski definition) is 5. The molecule has 19 heavy (non-hydrogen) atoms. The molecule has 0 rings (SSSR count). The summed E-state index contributed by atoms with van der Waals surface area (Å²) in [6.07, 6.45) is 1.73. The van der Waals surface area contributed by atoms with Gasteiger partial charge in [0.05, 0.1) is 6.61 Å². The number of carbonyl (C=O) groups is 2. The van der Waals surface area contributed by atoms with Crippen molar-refractivity contribution in [3.05, 3.63) is 0 Å². The zero-order chi connectivity index (χ0) is 14.8. The zero-order valence-electron chi connectivity index (χ0n) is 12.4. The quantitative estimate of drug-likeness (QED) is 0.696. The first-order valence-electron chi connectivity index (χ1n) is 6.55. The fourth-order valence-corrected chi connectivity index (χ4v) is 1.67. The Bertz CT molecular complexity index is 284. The molecule has 0 aliphatic rings. The van der Waals surface area contributed by atoms with Crippen molar-refractivity contribution < 1.29 is 19.1 Å². The topological polar surface area (TPSA) is 64.6 Å². The molecule has 5 nitrogen and oxygen atoms in total. The SMILES string of the molecule is CCOC(=O)NC(CCSC)C(=O)O[C@@H](C)C(C)C. The highest BCUT2D eigenvalue weighted by molar-refractivity contribution is 7.98. The molecule has 0 aromatic rings. The fraction of sp³-hybridized carbons (Fsp3) is 0.846. The molecule has 112 valence electrons. The van der Waals surface area contributed by atoms with Gasteiger partial charge in [0, 0.05) is 0 Å². The van der Waals surface area contributed by atoms with E-state index in [0.29, 0.717) is 6.42 Å². The summed E-state index contributed by atoms with van der Waals surface area (Å²) in [6.45, 7) is 7.80. The largest absolute Gasteiger partial charge is 0.461 e. The van der Waals surface area contributed by atoms with Gasteiger partial charge >= 0.3 is 12.1 Å². The van der Waals surface area contributed by atoms with E-state index in [1.807, 2.05) is 27.0 Å². The number of carbonyl (C=O) groups excluding carboxylic acids is 2. The summed E-state index contributed by atoms with van der Waals surface area (Å²) in [5, 5.41) is 2.55. The van der Waals surface area contributed by atoms with Crippen LogP contribution in [0.2, 0.25) is 0 Å². The van der Waals surface area contributed by atoms with Gasteiger partial charge in [0.1, 0.15) is 12.1 Å². The highest BCUT2D eigenvalue weighted by atomic mass is 32.2. The second-order valence-electron chi connectivity index (χ2n) is 4.58. The standard InChI is InChI=1S/C13H25NO4S/c1-6-17-13(16)14-11(7-8-19-5)12(15)18-10(4)9(2)3/h9-11H,6-8H2,1-5H3,(H,14,16)/t10-,11?/m0/s1. The van der Waals surface area contributed by atoms with E-state index in [0.717, 1.165) is 5.75 Å². The highest BCUT2D eigenvalue weighted by Crippen LogP contribution is 2.09. The molecule has 2 atom stereocenters. The first kappa shape index (κ1) is 18.1. The molecule has 0 spiro atoms. The zero-order valence-corrected chi connectivity index (χ0v) is 13.2. The van der Waals surface area contributed by atoms with Crippen molar-refractivity contribution in [3.63, 3.8) is 0 Å². The van der Waals surface area contributed by atoms with Gasteiger partial charge in [-0.15, -0.1) is 0 Å². The smallest absolute Gasteiger partial charge is 0.407 e. The van der Waals surface area contributed by atoms with E-state index in [-0.39, 0.29) is 18.6 Å². The third kappa shape index (κ3) is 7.97. The number of alkyl carbamates (subject to hydrolysis) is 1. The van der Waals surface area contributed by atoms with Crippen LogP contribution in [-0.2, 0) is 14.3 Å². The number of thioether (sulfide) groups is 1. The van der Waals surface area contributed by atoms with Crippen molar-refractivity contribution in [2.75, 3.05) is 18.6 Å². The number of nitrogens with one attached hydrogen (secondary N) is 1. The predicted molar refractivity (Wildman–Crippen MR) is 77.3 cm³/mol. The van der Waals surface area contributed by atoms with Crippen LogP contribution in [0, 0.1) is 5.92 Å². The van der Waals surface area contributed by atoms with Gasteiger partial charge in [0.2, 0.25) is 0 Å². The van der Waals surface area contributed by atoms with E-state index < -0.39 is 18.1 Å². The molecule has 0 bridgehead atoms. The summed E-state index contributed by atoms with van der Waals surface area (Å²) < 4.78 is 10.1. The van der Waals surface area contributed by atoms with Crippen molar-refractivity contribution in [1.82, 2.24) is 5.32 Å². The van der Waals surface area contributed by atoms with Crippen molar-refractivity contribution in [2.45, 2.75) is 46.3 Å². The van der Waals surface area contributed by atoms with Gasteiger partial charge in [-0.2, -0.15) is 11.8 Å². The number of hydrogen-bond donors (Lipinski definition) is 1. The lowest BCUT2D eigenvalue weighted by Gasteiger charge is -2.22. The Balaban J connectivity index is 4.46. The van der Waals surface area contributed by atoms with Crippen LogP contribution in [-0.4, -0.2) is 42.8 Å². The van der Waals surface area contributed by atoms with Crippen molar-refractivity contribution in [3.8, 4) is 0 Å². The predicted octanol–water partition coefficient (Wildman–Crippen LogP) is 2.44. The van der Waals surface area contributed by atoms with E-state index >= 15 is 0 Å². The minimum Gasteiger partial charge on any atom is -0.461 e. The van der Waals surface area contributed by atoms with E-state index in [9.17, 15) is 9.59 Å². The lowest BCUT2D eigenvalue weighted by molar-refractivity contribution is -0.152. The van der Waals surface area contributed by atoms with Crippen molar-refractivity contribution in [2.24, 2.45) is 5.92 Å². The molecule has 1 N–H and O–H groups in total. The minimum absolute atomic E-state index is 0.173. The van der Waals surface area contributed by atoms with E-state index in [2.05, 4.69) is 5.32 Å². The molecular formula is C13H25NO4S. The maximum absolute atomic E-state index is 12.0. The average molecular weight is 291 g/mol. The van der Waals surface area contributed by atoms with Crippen LogP contribution in [0.25, 0.3) is 0 Å². The monoisotopic (exact) mass is 291 g/mol. The molecule has 0 aromatic carbocycles. The van der Waals surface area contributed by atoms with Gasteiger partial charge < -0.3 is 14.8 Å². The molecule has 0 radical (unpaired) electrons. The summed E-state index contributed by atoms with van der Waals surface area (Å²) >= 11 is 1.61. The number of ether oxygens (including phenoxy) is 2. The molecule has 0 heterocycles. The maximum Gasteiger partial charge on any atom is 0.407 e. The summed E-state index contributed by atoms with van der Waals surface area (Å²) in [5.74, 6) is 0.610. The highest BCUT2D eigenvalue weighted by Gasteiger charge is 2.24. The lowest BCUT2D eigenvalue weighted by atomic mass is 10.1. The maximum atomic E-state index is 12.0. The Morgan fingerprint density at radius 3 is 2.37 bits per heavy atom. The Morgan fingerprint density at radius 2 is 1.89 bits per heavy atom. The van der Waals surface area contributed by atoms with Crippen molar-refractivity contribution >= 4 is 23.8 Å². The van der Waals surface area contributed by atoms with Crippen LogP contribution < -0.4 is 5.32 Å². The van der Waals surface area contributed by atoms with Gasteiger partial charge in [-0.3, -0.25) is 0 Å². The van der Waals surface area contributed by atoms with Gasteiger partial charge in [-0.25, -0.2) is 9.59 Å².